The smallest absolute Gasteiger partial charge is 0.251 e. The van der Waals surface area contributed by atoms with Gasteiger partial charge >= 0.3 is 0 Å². The molecular formula is C32H37FN4O2. The Hall–Kier alpha value is -3.55. The fourth-order valence-corrected chi connectivity index (χ4v) is 5.28. The lowest BCUT2D eigenvalue weighted by Gasteiger charge is -2.34. The first kappa shape index (κ1) is 27.0. The number of nitrogens with one attached hydrogen (secondary N) is 2. The van der Waals surface area contributed by atoms with Crippen molar-refractivity contribution in [1.29, 1.82) is 0 Å². The van der Waals surface area contributed by atoms with Crippen molar-refractivity contribution in [2.24, 2.45) is 0 Å². The molecule has 0 radical (unpaired) electrons. The van der Waals surface area contributed by atoms with E-state index in [0.717, 1.165) is 49.2 Å². The molecule has 1 unspecified atom stereocenters. The topological polar surface area (TPSA) is 64.7 Å². The number of amides is 2. The van der Waals surface area contributed by atoms with Gasteiger partial charge in [0.2, 0.25) is 5.91 Å². The third kappa shape index (κ3) is 7.11. The molecule has 0 bridgehead atoms. The molecule has 7 heteroatoms. The van der Waals surface area contributed by atoms with E-state index in [4.69, 9.17) is 0 Å². The number of rotatable bonds is 10. The van der Waals surface area contributed by atoms with E-state index in [0.29, 0.717) is 37.0 Å². The van der Waals surface area contributed by atoms with Crippen LogP contribution in [0.15, 0.2) is 78.9 Å². The molecule has 1 saturated carbocycles. The maximum absolute atomic E-state index is 13.5. The van der Waals surface area contributed by atoms with Crippen molar-refractivity contribution in [1.82, 2.24) is 20.4 Å². The number of hydrogen-bond donors (Lipinski definition) is 2. The number of carbonyl (C=O) groups is 2. The third-order valence-electron chi connectivity index (χ3n) is 7.84. The summed E-state index contributed by atoms with van der Waals surface area (Å²) >= 11 is 0. The average molecular weight is 529 g/mol. The fourth-order valence-electron chi connectivity index (χ4n) is 5.28. The van der Waals surface area contributed by atoms with E-state index in [9.17, 15) is 14.0 Å². The van der Waals surface area contributed by atoms with Gasteiger partial charge in [0.25, 0.3) is 5.91 Å². The first-order valence-electron chi connectivity index (χ1n) is 13.9. The normalized spacial score (nSPS) is 19.9. The quantitative estimate of drug-likeness (QED) is 0.386. The standard InChI is InChI=1S/C32H37FN4O2/c1-36-18-20-37(21-19-36)32(39)29(8-5-17-34-30-22-28(30)25-13-15-27(33)16-14-25)35-31(38)26-11-9-24(10-12-26)23-6-3-2-4-7-23/h2-4,6-7,9-16,28-30,34H,5,8,17-22H2,1H3,(H,35,38)/t28-,29?,30+/m0/s1. The van der Waals surface area contributed by atoms with Gasteiger partial charge in [-0.15, -0.1) is 0 Å². The SMILES string of the molecule is CN1CCN(C(=O)C(CCCN[C@@H]2C[C@H]2c2ccc(F)cc2)NC(=O)c2ccc(-c3ccccc3)cc2)CC1. The van der Waals surface area contributed by atoms with Gasteiger partial charge in [-0.1, -0.05) is 54.6 Å². The first-order chi connectivity index (χ1) is 19.0. The minimum Gasteiger partial charge on any atom is -0.340 e. The van der Waals surface area contributed by atoms with Gasteiger partial charge in [0.15, 0.2) is 0 Å². The van der Waals surface area contributed by atoms with Crippen LogP contribution in [0.4, 0.5) is 4.39 Å². The zero-order chi connectivity index (χ0) is 27.2. The summed E-state index contributed by atoms with van der Waals surface area (Å²) in [6, 6.07) is 24.1. The summed E-state index contributed by atoms with van der Waals surface area (Å²) in [6.45, 7) is 3.78. The van der Waals surface area contributed by atoms with Gasteiger partial charge in [0.1, 0.15) is 11.9 Å². The Kier molecular flexibility index (Phi) is 8.69. The van der Waals surface area contributed by atoms with E-state index in [2.05, 4.69) is 22.6 Å². The van der Waals surface area contributed by atoms with Crippen molar-refractivity contribution in [2.45, 2.75) is 37.3 Å². The van der Waals surface area contributed by atoms with Crippen LogP contribution in [0.5, 0.6) is 0 Å². The number of benzene rings is 3. The average Bonchev–Trinajstić information content (AvgIpc) is 3.75. The number of nitrogens with zero attached hydrogens (tertiary/aromatic N) is 2. The van der Waals surface area contributed by atoms with E-state index in [1.54, 1.807) is 0 Å². The molecule has 3 aromatic rings. The number of likely N-dealkylation sites (N-methyl/N-ethyl adjacent to an activating group) is 1. The molecule has 39 heavy (non-hydrogen) atoms. The van der Waals surface area contributed by atoms with E-state index in [-0.39, 0.29) is 17.6 Å². The highest BCUT2D eigenvalue weighted by Gasteiger charge is 2.37. The van der Waals surface area contributed by atoms with Crippen LogP contribution in [0, 0.1) is 5.82 Å². The predicted molar refractivity (Wildman–Crippen MR) is 152 cm³/mol. The van der Waals surface area contributed by atoms with Gasteiger partial charge in [-0.2, -0.15) is 0 Å². The molecule has 1 saturated heterocycles. The maximum Gasteiger partial charge on any atom is 0.251 e. The maximum atomic E-state index is 13.5. The Morgan fingerprint density at radius 3 is 2.26 bits per heavy atom. The first-order valence-corrected chi connectivity index (χ1v) is 13.9. The number of carbonyl (C=O) groups excluding carboxylic acids is 2. The Balaban J connectivity index is 1.17. The highest BCUT2D eigenvalue weighted by atomic mass is 19.1. The van der Waals surface area contributed by atoms with Crippen molar-refractivity contribution >= 4 is 11.8 Å². The largest absolute Gasteiger partial charge is 0.340 e. The van der Waals surface area contributed by atoms with Gasteiger partial charge in [-0.3, -0.25) is 9.59 Å². The molecule has 2 fully saturated rings. The minimum absolute atomic E-state index is 0.00651. The summed E-state index contributed by atoms with van der Waals surface area (Å²) in [5.74, 6) is -0.0392. The van der Waals surface area contributed by atoms with Crippen LogP contribution in [0.2, 0.25) is 0 Å². The zero-order valence-corrected chi connectivity index (χ0v) is 22.5. The molecule has 3 aromatic carbocycles. The van der Waals surface area contributed by atoms with E-state index >= 15 is 0 Å². The summed E-state index contributed by atoms with van der Waals surface area (Å²) in [6.07, 6.45) is 2.37. The highest BCUT2D eigenvalue weighted by molar-refractivity contribution is 5.98. The van der Waals surface area contributed by atoms with Crippen molar-refractivity contribution in [3.8, 4) is 11.1 Å². The van der Waals surface area contributed by atoms with Gasteiger partial charge in [-0.25, -0.2) is 4.39 Å². The minimum atomic E-state index is -0.566. The molecule has 0 aromatic heterocycles. The van der Waals surface area contributed by atoms with Gasteiger partial charge in [0, 0.05) is 43.7 Å². The van der Waals surface area contributed by atoms with Crippen LogP contribution < -0.4 is 10.6 Å². The van der Waals surface area contributed by atoms with Crippen LogP contribution in [0.1, 0.15) is 41.1 Å². The van der Waals surface area contributed by atoms with E-state index in [1.165, 1.54) is 12.1 Å². The summed E-state index contributed by atoms with van der Waals surface area (Å²) in [4.78, 5) is 30.7. The van der Waals surface area contributed by atoms with Crippen molar-refractivity contribution in [3.63, 3.8) is 0 Å². The number of hydrogen-bond acceptors (Lipinski definition) is 4. The van der Waals surface area contributed by atoms with E-state index < -0.39 is 6.04 Å². The predicted octanol–water partition coefficient (Wildman–Crippen LogP) is 4.29. The monoisotopic (exact) mass is 528 g/mol. The summed E-state index contributed by atoms with van der Waals surface area (Å²) < 4.78 is 13.2. The van der Waals surface area contributed by atoms with Crippen LogP contribution in [0.3, 0.4) is 0 Å². The van der Waals surface area contributed by atoms with Gasteiger partial charge in [-0.05, 0) is 73.8 Å². The summed E-state index contributed by atoms with van der Waals surface area (Å²) in [5.41, 5.74) is 3.84. The zero-order valence-electron chi connectivity index (χ0n) is 22.5. The number of piperazine rings is 1. The molecule has 3 atom stereocenters. The molecule has 204 valence electrons. The van der Waals surface area contributed by atoms with Crippen LogP contribution in [-0.4, -0.2) is 73.5 Å². The van der Waals surface area contributed by atoms with Crippen molar-refractivity contribution in [2.75, 3.05) is 39.8 Å². The lowest BCUT2D eigenvalue weighted by Crippen LogP contribution is -2.54. The van der Waals surface area contributed by atoms with Crippen molar-refractivity contribution < 1.29 is 14.0 Å². The molecule has 2 aliphatic rings. The number of halogens is 1. The molecule has 0 spiro atoms. The second-order valence-electron chi connectivity index (χ2n) is 10.7. The molecule has 5 rings (SSSR count). The molecule has 1 heterocycles. The summed E-state index contributed by atoms with van der Waals surface area (Å²) in [5, 5.41) is 6.61. The second-order valence-corrected chi connectivity index (χ2v) is 10.7. The van der Waals surface area contributed by atoms with Gasteiger partial charge < -0.3 is 20.4 Å². The Labute approximate surface area is 230 Å². The summed E-state index contributed by atoms with van der Waals surface area (Å²) in [7, 11) is 2.06. The lowest BCUT2D eigenvalue weighted by atomic mass is 10.0. The molecule has 2 N–H and O–H groups in total. The third-order valence-corrected chi connectivity index (χ3v) is 7.84. The molecule has 1 aliphatic heterocycles. The van der Waals surface area contributed by atoms with Crippen molar-refractivity contribution in [3.05, 3.63) is 95.8 Å². The Bertz CT molecular complexity index is 1240. The fraction of sp³-hybridized carbons (Fsp3) is 0.375. The molecule has 6 nitrogen and oxygen atoms in total. The highest BCUT2D eigenvalue weighted by Crippen LogP contribution is 2.40. The van der Waals surface area contributed by atoms with Crippen LogP contribution in [-0.2, 0) is 4.79 Å². The van der Waals surface area contributed by atoms with Crippen LogP contribution >= 0.6 is 0 Å². The van der Waals surface area contributed by atoms with Gasteiger partial charge in [0.05, 0.1) is 0 Å². The molecule has 2 amide bonds. The lowest BCUT2D eigenvalue weighted by molar-refractivity contribution is -0.135. The molecule has 1 aliphatic carbocycles. The van der Waals surface area contributed by atoms with E-state index in [1.807, 2.05) is 71.6 Å². The molecular weight excluding hydrogens is 491 g/mol. The van der Waals surface area contributed by atoms with Crippen LogP contribution in [0.25, 0.3) is 11.1 Å². The second kappa shape index (κ2) is 12.5. The Morgan fingerprint density at radius 2 is 1.56 bits per heavy atom. The Morgan fingerprint density at radius 1 is 0.897 bits per heavy atom.